The molecule has 0 saturated carbocycles. The molecule has 0 bridgehead atoms. The van der Waals surface area contributed by atoms with Gasteiger partial charge in [-0.25, -0.2) is 4.79 Å². The lowest BCUT2D eigenvalue weighted by atomic mass is 10.2. The fraction of sp³-hybridized carbons (Fsp3) is 0.462. The third-order valence-corrected chi connectivity index (χ3v) is 3.05. The van der Waals surface area contributed by atoms with Crippen molar-refractivity contribution in [3.8, 4) is 0 Å². The standard InChI is InChI=1S/C13H18BrN3O4/c1-13(2,3)21-12(18)15-8-9-16(14)10-6-4-5-7-11(10)17(19)20/h4-7H,8-9H2,1-3H3,(H,15,18). The Hall–Kier alpha value is -1.83. The van der Waals surface area contributed by atoms with E-state index in [9.17, 15) is 14.9 Å². The number of nitrogens with zero attached hydrogens (tertiary/aromatic N) is 2. The monoisotopic (exact) mass is 359 g/mol. The van der Waals surface area contributed by atoms with Crippen LogP contribution in [-0.4, -0.2) is 29.7 Å². The number of carbonyl (C=O) groups is 1. The van der Waals surface area contributed by atoms with E-state index in [1.807, 2.05) is 0 Å². The minimum Gasteiger partial charge on any atom is -0.444 e. The van der Waals surface area contributed by atoms with Gasteiger partial charge in [-0.3, -0.25) is 10.1 Å². The number of rotatable bonds is 5. The molecule has 0 atom stereocenters. The molecule has 21 heavy (non-hydrogen) atoms. The second-order valence-corrected chi connectivity index (χ2v) is 6.12. The van der Waals surface area contributed by atoms with Gasteiger partial charge < -0.3 is 14.0 Å². The van der Waals surface area contributed by atoms with Gasteiger partial charge in [0.1, 0.15) is 11.3 Å². The molecule has 116 valence electrons. The number of hydrogen-bond donors (Lipinski definition) is 1. The van der Waals surface area contributed by atoms with Crippen molar-refractivity contribution >= 4 is 33.6 Å². The van der Waals surface area contributed by atoms with E-state index in [-0.39, 0.29) is 12.2 Å². The Labute approximate surface area is 131 Å². The maximum absolute atomic E-state index is 11.5. The van der Waals surface area contributed by atoms with E-state index >= 15 is 0 Å². The lowest BCUT2D eigenvalue weighted by Crippen LogP contribution is -2.36. The summed E-state index contributed by atoms with van der Waals surface area (Å²) in [6.45, 7) is 5.96. The molecule has 1 aromatic rings. The summed E-state index contributed by atoms with van der Waals surface area (Å²) in [5.74, 6) is 0. The third-order valence-electron chi connectivity index (χ3n) is 2.32. The summed E-state index contributed by atoms with van der Waals surface area (Å²) in [7, 11) is 0. The largest absolute Gasteiger partial charge is 0.444 e. The number of ether oxygens (including phenoxy) is 1. The van der Waals surface area contributed by atoms with E-state index < -0.39 is 16.6 Å². The first-order chi connectivity index (χ1) is 9.70. The maximum atomic E-state index is 11.5. The van der Waals surface area contributed by atoms with Crippen LogP contribution in [0.25, 0.3) is 0 Å². The Morgan fingerprint density at radius 3 is 2.62 bits per heavy atom. The number of carbonyl (C=O) groups excluding carboxylic acids is 1. The molecule has 8 heteroatoms. The fourth-order valence-electron chi connectivity index (χ4n) is 1.51. The van der Waals surface area contributed by atoms with E-state index in [2.05, 4.69) is 21.5 Å². The summed E-state index contributed by atoms with van der Waals surface area (Å²) >= 11 is 3.25. The first kappa shape index (κ1) is 17.2. The molecule has 0 radical (unpaired) electrons. The zero-order valence-corrected chi connectivity index (χ0v) is 13.7. The number of para-hydroxylation sites is 2. The van der Waals surface area contributed by atoms with Crippen LogP contribution in [0.1, 0.15) is 20.8 Å². The molecule has 1 amide bonds. The summed E-state index contributed by atoms with van der Waals surface area (Å²) in [6.07, 6.45) is -0.522. The number of nitro benzene ring substituents is 1. The number of nitro groups is 1. The molecule has 0 aliphatic heterocycles. The van der Waals surface area contributed by atoms with Crippen molar-refractivity contribution in [2.75, 3.05) is 17.0 Å². The van der Waals surface area contributed by atoms with Crippen molar-refractivity contribution in [1.29, 1.82) is 0 Å². The molecule has 0 fully saturated rings. The van der Waals surface area contributed by atoms with Crippen LogP contribution >= 0.6 is 16.1 Å². The van der Waals surface area contributed by atoms with Crippen molar-refractivity contribution in [3.05, 3.63) is 34.4 Å². The maximum Gasteiger partial charge on any atom is 0.407 e. The fourth-order valence-corrected chi connectivity index (χ4v) is 1.99. The molecule has 0 spiro atoms. The van der Waals surface area contributed by atoms with Crippen LogP contribution in [0.4, 0.5) is 16.2 Å². The highest BCUT2D eigenvalue weighted by molar-refractivity contribution is 9.10. The number of nitrogens with one attached hydrogen (secondary N) is 1. The van der Waals surface area contributed by atoms with Crippen LogP contribution < -0.4 is 9.24 Å². The Kier molecular flexibility index (Phi) is 5.95. The highest BCUT2D eigenvalue weighted by Gasteiger charge is 2.18. The molecule has 1 rings (SSSR count). The van der Waals surface area contributed by atoms with Crippen molar-refractivity contribution in [2.24, 2.45) is 0 Å². The van der Waals surface area contributed by atoms with Crippen LogP contribution in [0.15, 0.2) is 24.3 Å². The molecule has 0 aliphatic carbocycles. The van der Waals surface area contributed by atoms with Gasteiger partial charge in [0.15, 0.2) is 0 Å². The molecule has 0 heterocycles. The van der Waals surface area contributed by atoms with Crippen molar-refractivity contribution < 1.29 is 14.5 Å². The molecular formula is C13H18BrN3O4. The van der Waals surface area contributed by atoms with E-state index in [0.717, 1.165) is 0 Å². The third kappa shape index (κ3) is 5.99. The first-order valence-corrected chi connectivity index (χ1v) is 7.05. The molecule has 0 saturated heterocycles. The van der Waals surface area contributed by atoms with E-state index in [1.54, 1.807) is 39.0 Å². The van der Waals surface area contributed by atoms with E-state index in [4.69, 9.17) is 4.74 Å². The smallest absolute Gasteiger partial charge is 0.407 e. The highest BCUT2D eigenvalue weighted by Crippen LogP contribution is 2.29. The Bertz CT molecular complexity index is 516. The summed E-state index contributed by atoms with van der Waals surface area (Å²) in [6, 6.07) is 6.35. The molecule has 0 unspecified atom stereocenters. The van der Waals surface area contributed by atoms with Gasteiger partial charge in [0, 0.05) is 35.3 Å². The number of halogens is 1. The first-order valence-electron chi connectivity index (χ1n) is 6.34. The van der Waals surface area contributed by atoms with Gasteiger partial charge in [0.25, 0.3) is 5.69 Å². The van der Waals surface area contributed by atoms with E-state index in [1.165, 1.54) is 9.99 Å². The normalized spacial score (nSPS) is 10.9. The van der Waals surface area contributed by atoms with Crippen LogP contribution in [0.3, 0.4) is 0 Å². The second-order valence-electron chi connectivity index (χ2n) is 5.26. The predicted octanol–water partition coefficient (Wildman–Crippen LogP) is 3.24. The van der Waals surface area contributed by atoms with Crippen LogP contribution in [0.5, 0.6) is 0 Å². The van der Waals surface area contributed by atoms with Crippen LogP contribution in [-0.2, 0) is 4.74 Å². The number of benzene rings is 1. The zero-order valence-electron chi connectivity index (χ0n) is 12.1. The molecule has 7 nitrogen and oxygen atoms in total. The van der Waals surface area contributed by atoms with Gasteiger partial charge in [-0.1, -0.05) is 12.1 Å². The summed E-state index contributed by atoms with van der Waals surface area (Å²) in [5, 5.41) is 13.5. The van der Waals surface area contributed by atoms with Gasteiger partial charge in [-0.05, 0) is 26.8 Å². The second kappa shape index (κ2) is 7.26. The Morgan fingerprint density at radius 2 is 2.05 bits per heavy atom. The topological polar surface area (TPSA) is 84.7 Å². The van der Waals surface area contributed by atoms with Crippen molar-refractivity contribution in [3.63, 3.8) is 0 Å². The van der Waals surface area contributed by atoms with Crippen molar-refractivity contribution in [1.82, 2.24) is 5.32 Å². The zero-order chi connectivity index (χ0) is 16.0. The average molecular weight is 360 g/mol. The lowest BCUT2D eigenvalue weighted by molar-refractivity contribution is -0.384. The predicted molar refractivity (Wildman–Crippen MR) is 83.6 cm³/mol. The number of anilines is 1. The molecule has 1 aromatic carbocycles. The summed E-state index contributed by atoms with van der Waals surface area (Å²) in [5.41, 5.74) is -0.142. The number of amides is 1. The van der Waals surface area contributed by atoms with Crippen LogP contribution in [0, 0.1) is 10.1 Å². The number of hydrogen-bond acceptors (Lipinski definition) is 5. The van der Waals surface area contributed by atoms with Gasteiger partial charge in [-0.2, -0.15) is 0 Å². The molecular weight excluding hydrogens is 342 g/mol. The van der Waals surface area contributed by atoms with Gasteiger partial charge >= 0.3 is 6.09 Å². The minimum atomic E-state index is -0.559. The SMILES string of the molecule is CC(C)(C)OC(=O)NCCN(Br)c1ccccc1[N+](=O)[O-]. The molecule has 0 aliphatic rings. The summed E-state index contributed by atoms with van der Waals surface area (Å²) < 4.78 is 6.63. The van der Waals surface area contributed by atoms with Gasteiger partial charge in [0.05, 0.1) is 4.92 Å². The quantitative estimate of drug-likeness (QED) is 0.495. The van der Waals surface area contributed by atoms with E-state index in [0.29, 0.717) is 12.2 Å². The van der Waals surface area contributed by atoms with Crippen LogP contribution in [0.2, 0.25) is 0 Å². The lowest BCUT2D eigenvalue weighted by Gasteiger charge is -2.21. The Morgan fingerprint density at radius 1 is 1.43 bits per heavy atom. The molecule has 1 N–H and O–H groups in total. The number of alkyl carbamates (subject to hydrolysis) is 1. The Balaban J connectivity index is 2.53. The molecule has 0 aromatic heterocycles. The van der Waals surface area contributed by atoms with Gasteiger partial charge in [-0.15, -0.1) is 0 Å². The van der Waals surface area contributed by atoms with Crippen molar-refractivity contribution in [2.45, 2.75) is 26.4 Å². The highest BCUT2D eigenvalue weighted by atomic mass is 79.9. The minimum absolute atomic E-state index is 0.00774. The van der Waals surface area contributed by atoms with Gasteiger partial charge in [0.2, 0.25) is 0 Å². The summed E-state index contributed by atoms with van der Waals surface area (Å²) in [4.78, 5) is 22.0. The average Bonchev–Trinajstić information content (AvgIpc) is 2.36.